The molecule has 182 valence electrons. The minimum absolute atomic E-state index is 0.0865. The van der Waals surface area contributed by atoms with Gasteiger partial charge in [0.25, 0.3) is 11.8 Å². The van der Waals surface area contributed by atoms with Crippen molar-refractivity contribution in [3.05, 3.63) is 58.2 Å². The molecule has 4 N–H and O–H groups in total. The first kappa shape index (κ1) is 24.8. The third kappa shape index (κ3) is 5.04. The molecule has 1 fully saturated rings. The van der Waals surface area contributed by atoms with Crippen molar-refractivity contribution in [2.45, 2.75) is 16.4 Å². The van der Waals surface area contributed by atoms with Gasteiger partial charge in [0.15, 0.2) is 17.0 Å². The van der Waals surface area contributed by atoms with Gasteiger partial charge >= 0.3 is 5.97 Å². The van der Waals surface area contributed by atoms with Crippen molar-refractivity contribution in [2.24, 2.45) is 12.2 Å². The van der Waals surface area contributed by atoms with Crippen LogP contribution in [-0.4, -0.2) is 62.8 Å². The number of fused-ring (bicyclic) bond motifs is 1. The number of carbonyl (C=O) groups is 3. The van der Waals surface area contributed by atoms with E-state index in [0.717, 1.165) is 16.4 Å². The highest BCUT2D eigenvalue weighted by molar-refractivity contribution is 8.02. The average molecular weight is 534 g/mol. The second-order valence-electron chi connectivity index (χ2n) is 7.30. The van der Waals surface area contributed by atoms with Crippen molar-refractivity contribution in [3.63, 3.8) is 0 Å². The average Bonchev–Trinajstić information content (AvgIpc) is 3.27. The number of nitrogens with two attached hydrogens (primary N) is 1. The summed E-state index contributed by atoms with van der Waals surface area (Å²) in [6.45, 7) is 0. The number of nitrogens with zero attached hydrogens (tertiary/aromatic N) is 4. The van der Waals surface area contributed by atoms with Gasteiger partial charge in [-0.2, -0.15) is 4.57 Å². The SMILES string of the molecule is CON=C(C(=O)NC1C(=O)N2C(C(=O)O)=C(C=CSc3cccc[n+]3C)CS[C@H]12)c1csc(N)n1. The number of pyridine rings is 1. The van der Waals surface area contributed by atoms with Crippen molar-refractivity contribution in [3.8, 4) is 0 Å². The lowest BCUT2D eigenvalue weighted by molar-refractivity contribution is -0.708. The fraction of sp³-hybridized carbons (Fsp3) is 0.238. The Morgan fingerprint density at radius 3 is 2.91 bits per heavy atom. The summed E-state index contributed by atoms with van der Waals surface area (Å²) >= 11 is 3.94. The molecular weight excluding hydrogens is 512 g/mol. The Morgan fingerprint density at radius 1 is 1.46 bits per heavy atom. The van der Waals surface area contributed by atoms with Crippen molar-refractivity contribution in [1.82, 2.24) is 15.2 Å². The van der Waals surface area contributed by atoms with E-state index in [4.69, 9.17) is 10.6 Å². The maximum Gasteiger partial charge on any atom is 0.352 e. The van der Waals surface area contributed by atoms with Gasteiger partial charge < -0.3 is 21.0 Å². The Hall–Kier alpha value is -3.36. The summed E-state index contributed by atoms with van der Waals surface area (Å²) in [7, 11) is 3.20. The molecule has 2 aliphatic rings. The largest absolute Gasteiger partial charge is 0.477 e. The van der Waals surface area contributed by atoms with Gasteiger partial charge in [-0.25, -0.2) is 9.78 Å². The molecule has 14 heteroatoms. The minimum atomic E-state index is -1.21. The molecule has 0 aliphatic carbocycles. The Labute approximate surface area is 212 Å². The number of carbonyl (C=O) groups excluding carboxylic acids is 2. The number of carboxylic acids is 1. The summed E-state index contributed by atoms with van der Waals surface area (Å²) in [5, 5.41) is 20.2. The van der Waals surface area contributed by atoms with Crippen molar-refractivity contribution >= 4 is 63.5 Å². The Kier molecular flexibility index (Phi) is 7.42. The predicted octanol–water partition coefficient (Wildman–Crippen LogP) is 0.945. The van der Waals surface area contributed by atoms with Crippen LogP contribution in [0.4, 0.5) is 5.13 Å². The van der Waals surface area contributed by atoms with Crippen LogP contribution in [0.25, 0.3) is 0 Å². The smallest absolute Gasteiger partial charge is 0.352 e. The van der Waals surface area contributed by atoms with E-state index >= 15 is 0 Å². The van der Waals surface area contributed by atoms with Crippen LogP contribution in [0.15, 0.2) is 62.7 Å². The normalized spacial score (nSPS) is 20.0. The highest BCUT2D eigenvalue weighted by atomic mass is 32.2. The van der Waals surface area contributed by atoms with Crippen LogP contribution >= 0.6 is 34.9 Å². The third-order valence-electron chi connectivity index (χ3n) is 5.11. The molecule has 1 unspecified atom stereocenters. The fourth-order valence-electron chi connectivity index (χ4n) is 3.49. The van der Waals surface area contributed by atoms with E-state index in [9.17, 15) is 19.5 Å². The zero-order valence-electron chi connectivity index (χ0n) is 18.6. The molecule has 1 saturated heterocycles. The minimum Gasteiger partial charge on any atom is -0.477 e. The summed E-state index contributed by atoms with van der Waals surface area (Å²) in [6, 6.07) is 4.86. The maximum atomic E-state index is 12.9. The first-order valence-electron chi connectivity index (χ1n) is 10.1. The molecule has 2 atom stereocenters. The van der Waals surface area contributed by atoms with Gasteiger partial charge in [0, 0.05) is 23.3 Å². The number of amides is 2. The number of hydrogen-bond donors (Lipinski definition) is 3. The summed E-state index contributed by atoms with van der Waals surface area (Å²) in [5.41, 5.74) is 6.16. The number of oxime groups is 1. The van der Waals surface area contributed by atoms with Gasteiger partial charge in [-0.05, 0) is 34.9 Å². The van der Waals surface area contributed by atoms with E-state index in [-0.39, 0.29) is 22.2 Å². The summed E-state index contributed by atoms with van der Waals surface area (Å²) < 4.78 is 1.94. The van der Waals surface area contributed by atoms with Crippen LogP contribution in [-0.2, 0) is 26.3 Å². The van der Waals surface area contributed by atoms with E-state index < -0.39 is 29.2 Å². The maximum absolute atomic E-state index is 12.9. The molecule has 0 radical (unpaired) electrons. The van der Waals surface area contributed by atoms with Crippen molar-refractivity contribution in [2.75, 3.05) is 18.6 Å². The van der Waals surface area contributed by atoms with Gasteiger partial charge in [0.05, 0.1) is 0 Å². The second kappa shape index (κ2) is 10.5. The molecule has 0 saturated carbocycles. The first-order chi connectivity index (χ1) is 16.8. The number of aliphatic carboxylic acids is 1. The van der Waals surface area contributed by atoms with Crippen molar-refractivity contribution in [1.29, 1.82) is 0 Å². The second-order valence-corrected chi connectivity index (χ2v) is 10.2. The van der Waals surface area contributed by atoms with E-state index in [2.05, 4.69) is 15.5 Å². The molecule has 35 heavy (non-hydrogen) atoms. The zero-order valence-corrected chi connectivity index (χ0v) is 21.0. The van der Waals surface area contributed by atoms with Gasteiger partial charge in [-0.15, -0.1) is 23.1 Å². The third-order valence-corrected chi connectivity index (χ3v) is 8.03. The highest BCUT2D eigenvalue weighted by Crippen LogP contribution is 2.41. The quantitative estimate of drug-likeness (QED) is 0.148. The van der Waals surface area contributed by atoms with E-state index in [1.807, 2.05) is 36.0 Å². The molecule has 4 rings (SSSR count). The number of β-lactam (4-membered cyclic amide) rings is 1. The number of thioether (sulfide) groups is 2. The first-order valence-corrected chi connectivity index (χ1v) is 12.9. The Morgan fingerprint density at radius 2 is 2.26 bits per heavy atom. The Bertz CT molecular complexity index is 1270. The Balaban J connectivity index is 1.50. The van der Waals surface area contributed by atoms with Crippen molar-refractivity contribution < 1.29 is 28.9 Å². The van der Waals surface area contributed by atoms with Crippen LogP contribution in [0.2, 0.25) is 0 Å². The number of hydrogen-bond acceptors (Lipinski definition) is 10. The van der Waals surface area contributed by atoms with Gasteiger partial charge in [0.1, 0.15) is 37.0 Å². The number of carboxylic acid groups (broad SMARTS) is 1. The van der Waals surface area contributed by atoms with Crippen LogP contribution in [0.3, 0.4) is 0 Å². The lowest BCUT2D eigenvalue weighted by Gasteiger charge is -2.49. The lowest BCUT2D eigenvalue weighted by atomic mass is 10.0. The predicted molar refractivity (Wildman–Crippen MR) is 132 cm³/mol. The number of allylic oxidation sites excluding steroid dienone is 1. The van der Waals surface area contributed by atoms with Gasteiger partial charge in [-0.3, -0.25) is 14.5 Å². The fourth-order valence-corrected chi connectivity index (χ4v) is 6.11. The molecular formula is C21H21N6O5S3+. The summed E-state index contributed by atoms with van der Waals surface area (Å²) in [6.07, 6.45) is 3.62. The highest BCUT2D eigenvalue weighted by Gasteiger charge is 2.54. The van der Waals surface area contributed by atoms with E-state index in [1.165, 1.54) is 35.5 Å². The molecule has 2 aliphatic heterocycles. The van der Waals surface area contributed by atoms with E-state index in [1.54, 1.807) is 16.9 Å². The molecule has 0 aromatic carbocycles. The number of aryl methyl sites for hydroxylation is 1. The molecule has 2 amide bonds. The molecule has 4 heterocycles. The summed E-state index contributed by atoms with van der Waals surface area (Å²) in [5.74, 6) is -2.03. The zero-order chi connectivity index (χ0) is 25.1. The molecule has 0 spiro atoms. The number of nitrogen functional groups attached to an aromatic ring is 1. The van der Waals surface area contributed by atoms with Crippen LogP contribution < -0.4 is 15.6 Å². The monoisotopic (exact) mass is 533 g/mol. The topological polar surface area (TPSA) is 151 Å². The van der Waals surface area contributed by atoms with Gasteiger partial charge in [-0.1, -0.05) is 5.16 Å². The summed E-state index contributed by atoms with van der Waals surface area (Å²) in [4.78, 5) is 47.8. The molecule has 2 aromatic rings. The standard InChI is InChI=1S/C21H20N6O5S3/c1-26-7-4-3-5-13(26)33-8-6-11-9-34-19-15(18(29)27(19)16(11)20(30)31)24-17(28)14(25-32-2)12-10-35-21(22)23-12/h3-8,10,15,19H,9H2,1-2H3,(H3-,22,23,24,28,30,31)/p+1/t15?,19-/m1/s1. The van der Waals surface area contributed by atoms with Crippen LogP contribution in [0.5, 0.6) is 0 Å². The number of thiazole rings is 1. The number of nitrogens with one attached hydrogen (secondary N) is 1. The number of anilines is 1. The van der Waals surface area contributed by atoms with E-state index in [0.29, 0.717) is 11.3 Å². The molecule has 11 nitrogen and oxygen atoms in total. The van der Waals surface area contributed by atoms with Gasteiger partial charge in [0.2, 0.25) is 5.03 Å². The van der Waals surface area contributed by atoms with Crippen LogP contribution in [0, 0.1) is 0 Å². The number of aromatic nitrogens is 2. The molecule has 0 bridgehead atoms. The molecule has 2 aromatic heterocycles. The van der Waals surface area contributed by atoms with Crippen LogP contribution in [0.1, 0.15) is 5.69 Å². The lowest BCUT2D eigenvalue weighted by Crippen LogP contribution is -2.71. The number of rotatable bonds is 8.